The van der Waals surface area contributed by atoms with E-state index in [1.807, 2.05) is 52.1 Å². The molecular formula is C57H81NO13Si2. The fraction of sp³-hybridized carbons (Fsp3) is 0.579. The second-order valence-electron chi connectivity index (χ2n) is 22.7. The van der Waals surface area contributed by atoms with Gasteiger partial charge in [0.1, 0.15) is 30.5 Å². The number of aliphatic hydroxyl groups is 3. The van der Waals surface area contributed by atoms with E-state index in [0.29, 0.717) is 16.7 Å². The number of hydrogen-bond acceptors (Lipinski definition) is 13. The van der Waals surface area contributed by atoms with Crippen molar-refractivity contribution < 1.29 is 62.3 Å². The summed E-state index contributed by atoms with van der Waals surface area (Å²) >= 11 is 0. The largest absolute Gasteiger partial charge is 0.463 e. The fourth-order valence-electron chi connectivity index (χ4n) is 11.2. The Hall–Kier alpha value is -4.53. The number of nitrogens with one attached hydrogen (secondary N) is 1. The van der Waals surface area contributed by atoms with Crippen LogP contribution in [-0.4, -0.2) is 117 Å². The summed E-state index contributed by atoms with van der Waals surface area (Å²) in [6.07, 6.45) is -9.30. The number of amides is 1. The maximum atomic E-state index is 15.5. The summed E-state index contributed by atoms with van der Waals surface area (Å²) in [6.45, 7) is 24.3. The molecule has 6 rings (SSSR count). The Morgan fingerprint density at radius 1 is 0.836 bits per heavy atom. The summed E-state index contributed by atoms with van der Waals surface area (Å²) in [7, 11) is -5.44. The van der Waals surface area contributed by atoms with Crippen molar-refractivity contribution in [3.05, 3.63) is 119 Å². The van der Waals surface area contributed by atoms with Gasteiger partial charge in [0.05, 0.1) is 36.5 Å². The summed E-state index contributed by atoms with van der Waals surface area (Å²) in [6, 6.07) is 27.3. The molecule has 4 N–H and O–H groups in total. The predicted octanol–water partition coefficient (Wildman–Crippen LogP) is 9.26. The number of ether oxygens (including phenoxy) is 4. The molecule has 1 saturated carbocycles. The molecule has 3 aromatic carbocycles. The molecule has 3 aromatic rings. The third-order valence-corrected chi connectivity index (χ3v) is 26.4. The zero-order valence-electron chi connectivity index (χ0n) is 45.2. The summed E-state index contributed by atoms with van der Waals surface area (Å²) in [5.41, 5.74) is -3.37. The summed E-state index contributed by atoms with van der Waals surface area (Å²) in [5, 5.41) is 43.0. The summed E-state index contributed by atoms with van der Waals surface area (Å²) in [4.78, 5) is 56.5. The zero-order chi connectivity index (χ0) is 53.9. The molecule has 2 fully saturated rings. The van der Waals surface area contributed by atoms with E-state index in [2.05, 4.69) is 26.1 Å². The fourth-order valence-corrected chi connectivity index (χ4v) is 15.3. The van der Waals surface area contributed by atoms with Gasteiger partial charge in [-0.1, -0.05) is 129 Å². The van der Waals surface area contributed by atoms with Crippen LogP contribution < -0.4 is 5.32 Å². The Kier molecular flexibility index (Phi) is 18.0. The molecule has 1 amide bonds. The van der Waals surface area contributed by atoms with Gasteiger partial charge in [-0.2, -0.15) is 0 Å². The van der Waals surface area contributed by atoms with Crippen molar-refractivity contribution in [2.75, 3.05) is 13.2 Å². The van der Waals surface area contributed by atoms with E-state index in [1.165, 1.54) is 6.92 Å². The SMILES string of the molecule is CC[Si](CC)(CC)OC1C[C@H](COC(C)=O)OC[C@H]2[C@H](OC(=O)c3ccccc3)[C@]3(O)C[C@H](OC(=O)[C@H](O[Si](C)(C)C(C)(C)C)[C@@H](NC(=O)c4ccccc4)c4ccccc4)C(C)=C([C@H](O)[C@H](O)[C@]12C)C3(C)C. The van der Waals surface area contributed by atoms with E-state index in [9.17, 15) is 29.7 Å². The molecule has 0 radical (unpaired) electrons. The van der Waals surface area contributed by atoms with E-state index in [-0.39, 0.29) is 37.2 Å². The molecule has 1 heterocycles. The number of benzene rings is 3. The lowest BCUT2D eigenvalue weighted by atomic mass is 9.50. The van der Waals surface area contributed by atoms with E-state index < -0.39 is 117 Å². The van der Waals surface area contributed by atoms with Crippen LogP contribution in [0.15, 0.2) is 102 Å². The molecule has 11 atom stereocenters. The van der Waals surface area contributed by atoms with E-state index in [1.54, 1.807) is 100 Å². The van der Waals surface area contributed by atoms with Gasteiger partial charge in [0.15, 0.2) is 22.7 Å². The topological polar surface area (TPSA) is 196 Å². The minimum atomic E-state index is -2.87. The Bertz CT molecular complexity index is 2420. The molecule has 1 unspecified atom stereocenters. The van der Waals surface area contributed by atoms with Gasteiger partial charge in [-0.05, 0) is 84.2 Å². The zero-order valence-corrected chi connectivity index (χ0v) is 47.2. The highest BCUT2D eigenvalue weighted by molar-refractivity contribution is 6.74. The number of carbonyl (C=O) groups excluding carboxylic acids is 4. The van der Waals surface area contributed by atoms with Gasteiger partial charge in [0, 0.05) is 42.1 Å². The maximum absolute atomic E-state index is 15.5. The number of hydrogen-bond donors (Lipinski definition) is 4. The lowest BCUT2D eigenvalue weighted by Gasteiger charge is -2.61. The van der Waals surface area contributed by atoms with Gasteiger partial charge in [-0.15, -0.1) is 0 Å². The van der Waals surface area contributed by atoms with Gasteiger partial charge < -0.3 is 48.4 Å². The van der Waals surface area contributed by atoms with E-state index in [0.717, 1.165) is 18.1 Å². The lowest BCUT2D eigenvalue weighted by molar-refractivity contribution is -0.241. The highest BCUT2D eigenvalue weighted by atomic mass is 28.4. The third-order valence-electron chi connectivity index (χ3n) is 17.3. The van der Waals surface area contributed by atoms with Crippen molar-refractivity contribution in [3.63, 3.8) is 0 Å². The highest BCUT2D eigenvalue weighted by Gasteiger charge is 2.69. The number of esters is 3. The smallest absolute Gasteiger partial charge is 0.338 e. The van der Waals surface area contributed by atoms with Crippen LogP contribution >= 0.6 is 0 Å². The van der Waals surface area contributed by atoms with Crippen molar-refractivity contribution in [1.29, 1.82) is 0 Å². The minimum Gasteiger partial charge on any atom is -0.463 e. The van der Waals surface area contributed by atoms with Gasteiger partial charge >= 0.3 is 17.9 Å². The molecule has 16 heteroatoms. The molecule has 400 valence electrons. The van der Waals surface area contributed by atoms with Gasteiger partial charge in [-0.3, -0.25) is 9.59 Å². The van der Waals surface area contributed by atoms with E-state index >= 15 is 4.79 Å². The summed E-state index contributed by atoms with van der Waals surface area (Å²) in [5.74, 6) is -3.63. The van der Waals surface area contributed by atoms with E-state index in [4.69, 9.17) is 27.8 Å². The molecule has 0 spiro atoms. The van der Waals surface area contributed by atoms with Crippen LogP contribution in [-0.2, 0) is 37.4 Å². The Morgan fingerprint density at radius 2 is 1.38 bits per heavy atom. The van der Waals surface area contributed by atoms with Crippen molar-refractivity contribution in [1.82, 2.24) is 5.32 Å². The molecule has 2 bridgehead atoms. The molecule has 2 aliphatic carbocycles. The lowest BCUT2D eigenvalue weighted by Crippen LogP contribution is -2.71. The van der Waals surface area contributed by atoms with Crippen LogP contribution in [0.2, 0.25) is 36.3 Å². The Balaban J connectivity index is 1.56. The predicted molar refractivity (Wildman–Crippen MR) is 283 cm³/mol. The second kappa shape index (κ2) is 22.8. The van der Waals surface area contributed by atoms with Crippen molar-refractivity contribution >= 4 is 40.4 Å². The average molecular weight is 1040 g/mol. The average Bonchev–Trinajstić information content (AvgIpc) is 3.49. The minimum absolute atomic E-state index is 0.129. The van der Waals surface area contributed by atoms with Gasteiger partial charge in [0.2, 0.25) is 0 Å². The van der Waals surface area contributed by atoms with Crippen molar-refractivity contribution in [2.24, 2.45) is 16.7 Å². The molecule has 1 saturated heterocycles. The standard InChI is InChI=1S/C57H81NO13Si2/c1-14-73(15-2,16-3)70-44-32-41(34-66-37(5)59)67-35-42-50(69-52(63)40-30-24-19-25-31-40)57(65)33-43(36(4)45(55(57,9)10)47(60)49(61)56(42,44)11)68-53(64)48(71-72(12,13)54(6,7)8)46(38-26-20-17-21-27-38)58-51(62)39-28-22-18-23-29-39/h17-31,41-44,46-50,60-61,65H,14-16,32-35H2,1-13H3,(H,58,62)/t41-,42+,43+,44?,46+,47+,48-,49+,50+,56+,57-/m1/s1. The van der Waals surface area contributed by atoms with Gasteiger partial charge in [0.25, 0.3) is 5.91 Å². The normalized spacial score (nSPS) is 28.2. The maximum Gasteiger partial charge on any atom is 0.338 e. The third kappa shape index (κ3) is 11.7. The van der Waals surface area contributed by atoms with Crippen molar-refractivity contribution in [3.8, 4) is 0 Å². The molecule has 1 aliphatic heterocycles. The molecule has 14 nitrogen and oxygen atoms in total. The molecule has 3 aliphatic rings. The van der Waals surface area contributed by atoms with Crippen molar-refractivity contribution in [2.45, 2.75) is 180 Å². The van der Waals surface area contributed by atoms with Crippen LogP contribution in [0, 0.1) is 16.7 Å². The van der Waals surface area contributed by atoms with Crippen LogP contribution in [0.1, 0.15) is 121 Å². The molecular weight excluding hydrogens is 963 g/mol. The van der Waals surface area contributed by atoms with Crippen LogP contribution in [0.5, 0.6) is 0 Å². The number of rotatable bonds is 17. The summed E-state index contributed by atoms with van der Waals surface area (Å²) < 4.78 is 40.0. The first kappa shape index (κ1) is 57.7. The van der Waals surface area contributed by atoms with Crippen LogP contribution in [0.3, 0.4) is 0 Å². The number of fused-ring (bicyclic) bond motifs is 3. The monoisotopic (exact) mass is 1040 g/mol. The molecule has 0 aromatic heterocycles. The number of aliphatic hydroxyl groups excluding tert-OH is 2. The van der Waals surface area contributed by atoms with Crippen LogP contribution in [0.4, 0.5) is 0 Å². The van der Waals surface area contributed by atoms with Crippen LogP contribution in [0.25, 0.3) is 0 Å². The second-order valence-corrected chi connectivity index (χ2v) is 32.2. The Morgan fingerprint density at radius 3 is 1.92 bits per heavy atom. The quantitative estimate of drug-likeness (QED) is 0.0433. The highest BCUT2D eigenvalue weighted by Crippen LogP contribution is 2.60. The molecule has 73 heavy (non-hydrogen) atoms. The first-order valence-electron chi connectivity index (χ1n) is 26.0. The number of carbonyl (C=O) groups is 4. The van der Waals surface area contributed by atoms with Gasteiger partial charge in [-0.25, -0.2) is 9.59 Å². The first-order chi connectivity index (χ1) is 34.2. The Labute approximate surface area is 434 Å². The first-order valence-corrected chi connectivity index (χ1v) is 31.4.